The van der Waals surface area contributed by atoms with Crippen molar-refractivity contribution in [2.75, 3.05) is 0 Å². The highest BCUT2D eigenvalue weighted by Crippen LogP contribution is 2.30. The van der Waals surface area contributed by atoms with E-state index in [1.54, 1.807) is 11.5 Å². The van der Waals surface area contributed by atoms with E-state index in [1.807, 2.05) is 72.8 Å². The first kappa shape index (κ1) is 18.0. The maximum Gasteiger partial charge on any atom is 0.345 e. The van der Waals surface area contributed by atoms with Crippen molar-refractivity contribution in [3.05, 3.63) is 99.2 Å². The summed E-state index contributed by atoms with van der Waals surface area (Å²) in [4.78, 5) is 17.2. The van der Waals surface area contributed by atoms with Crippen molar-refractivity contribution < 1.29 is 4.42 Å². The molecule has 30 heavy (non-hydrogen) atoms. The minimum atomic E-state index is -0.444. The Morgan fingerprint density at radius 3 is 2.63 bits per heavy atom. The van der Waals surface area contributed by atoms with Crippen LogP contribution in [0.2, 0.25) is 0 Å². The van der Waals surface area contributed by atoms with Crippen molar-refractivity contribution in [1.82, 2.24) is 4.98 Å². The lowest BCUT2D eigenvalue weighted by Gasteiger charge is -2.04. The van der Waals surface area contributed by atoms with Crippen LogP contribution in [0.15, 0.2) is 87.4 Å². The summed E-state index contributed by atoms with van der Waals surface area (Å²) < 4.78 is 5.58. The monoisotopic (exact) mass is 406 g/mol. The molecule has 5 aromatic rings. The fourth-order valence-corrected chi connectivity index (χ4v) is 4.21. The molecular formula is C25H14N2O2S. The van der Waals surface area contributed by atoms with Crippen LogP contribution in [0.3, 0.4) is 0 Å². The van der Waals surface area contributed by atoms with Gasteiger partial charge in [0.15, 0.2) is 0 Å². The third-order valence-corrected chi connectivity index (χ3v) is 5.76. The zero-order chi connectivity index (χ0) is 20.5. The van der Waals surface area contributed by atoms with Crippen LogP contribution in [0.1, 0.15) is 10.6 Å². The molecule has 0 aliphatic carbocycles. The molecule has 0 aliphatic heterocycles. The number of hydrogen-bond donors (Lipinski definition) is 0. The second kappa shape index (κ2) is 7.43. The van der Waals surface area contributed by atoms with Crippen molar-refractivity contribution in [2.45, 2.75) is 0 Å². The van der Waals surface area contributed by atoms with E-state index in [1.165, 1.54) is 11.3 Å². The van der Waals surface area contributed by atoms with Gasteiger partial charge in [0.1, 0.15) is 16.7 Å². The topological polar surface area (TPSA) is 66.9 Å². The Kier molecular flexibility index (Phi) is 4.47. The molecule has 0 saturated heterocycles. The highest BCUT2D eigenvalue weighted by Gasteiger charge is 2.15. The van der Waals surface area contributed by atoms with Crippen molar-refractivity contribution >= 4 is 44.7 Å². The zero-order valence-corrected chi connectivity index (χ0v) is 16.5. The zero-order valence-electron chi connectivity index (χ0n) is 15.7. The molecule has 0 atom stereocenters. The van der Waals surface area contributed by atoms with Gasteiger partial charge in [-0.15, -0.1) is 11.3 Å². The molecule has 3 aromatic carbocycles. The molecule has 0 unspecified atom stereocenters. The molecule has 0 N–H and O–H groups in total. The van der Waals surface area contributed by atoms with Crippen LogP contribution in [0.25, 0.3) is 44.6 Å². The number of rotatable bonds is 3. The van der Waals surface area contributed by atoms with Crippen LogP contribution in [0.5, 0.6) is 0 Å². The predicted octanol–water partition coefficient (Wildman–Crippen LogP) is 6.13. The summed E-state index contributed by atoms with van der Waals surface area (Å²) in [7, 11) is 0. The molecule has 0 aliphatic rings. The average molecular weight is 406 g/mol. The van der Waals surface area contributed by atoms with E-state index >= 15 is 0 Å². The number of nitriles is 1. The Hall–Kier alpha value is -4.01. The number of nitrogens with zero attached hydrogens (tertiary/aromatic N) is 2. The number of thiazole rings is 1. The quantitative estimate of drug-likeness (QED) is 0.205. The van der Waals surface area contributed by atoms with E-state index in [2.05, 4.69) is 11.1 Å². The summed E-state index contributed by atoms with van der Waals surface area (Å²) in [6.07, 6.45) is 1.79. The summed E-state index contributed by atoms with van der Waals surface area (Å²) in [6.45, 7) is 0. The largest absolute Gasteiger partial charge is 0.422 e. The van der Waals surface area contributed by atoms with E-state index in [-0.39, 0.29) is 0 Å². The van der Waals surface area contributed by atoms with Gasteiger partial charge in [0, 0.05) is 10.8 Å². The van der Waals surface area contributed by atoms with Crippen molar-refractivity contribution in [2.24, 2.45) is 0 Å². The predicted molar refractivity (Wildman–Crippen MR) is 121 cm³/mol. The number of allylic oxidation sites excluding steroid dienone is 1. The fraction of sp³-hybridized carbons (Fsp3) is 0. The van der Waals surface area contributed by atoms with Gasteiger partial charge in [-0.25, -0.2) is 9.78 Å². The number of benzene rings is 3. The third-order valence-electron chi connectivity index (χ3n) is 4.88. The van der Waals surface area contributed by atoms with Crippen molar-refractivity contribution in [1.29, 1.82) is 5.26 Å². The average Bonchev–Trinajstić information content (AvgIpc) is 3.27. The Morgan fingerprint density at radius 2 is 1.80 bits per heavy atom. The maximum atomic E-state index is 12.6. The summed E-state index contributed by atoms with van der Waals surface area (Å²) in [5.41, 5.74) is 2.36. The van der Waals surface area contributed by atoms with Crippen LogP contribution in [-0.2, 0) is 0 Å². The molecular weight excluding hydrogens is 392 g/mol. The number of aromatic nitrogens is 1. The SMILES string of the molecule is N#C/C(=C\c1ccccc1)c1nc(-c2cc3c(ccc4ccccc43)oc2=O)cs1. The lowest BCUT2D eigenvalue weighted by atomic mass is 10.0. The van der Waals surface area contributed by atoms with Gasteiger partial charge in [-0.1, -0.05) is 60.7 Å². The first-order valence-corrected chi connectivity index (χ1v) is 10.2. The minimum absolute atomic E-state index is 0.387. The second-order valence-electron chi connectivity index (χ2n) is 6.76. The van der Waals surface area contributed by atoms with E-state index in [0.29, 0.717) is 27.4 Å². The van der Waals surface area contributed by atoms with Gasteiger partial charge in [0.2, 0.25) is 0 Å². The lowest BCUT2D eigenvalue weighted by molar-refractivity contribution is 0.563. The van der Waals surface area contributed by atoms with Gasteiger partial charge in [0.25, 0.3) is 0 Å². The summed E-state index contributed by atoms with van der Waals surface area (Å²) >= 11 is 1.33. The van der Waals surface area contributed by atoms with Crippen LogP contribution in [0.4, 0.5) is 0 Å². The Morgan fingerprint density at radius 1 is 1.00 bits per heavy atom. The molecule has 0 fully saturated rings. The first-order chi connectivity index (χ1) is 14.7. The van der Waals surface area contributed by atoms with E-state index in [0.717, 1.165) is 21.7 Å². The molecule has 2 heterocycles. The van der Waals surface area contributed by atoms with Gasteiger partial charge in [-0.05, 0) is 34.5 Å². The van der Waals surface area contributed by atoms with Crippen LogP contribution in [-0.4, -0.2) is 4.98 Å². The minimum Gasteiger partial charge on any atom is -0.422 e. The van der Waals surface area contributed by atoms with E-state index < -0.39 is 5.63 Å². The summed E-state index contributed by atoms with van der Waals surface area (Å²) in [5.74, 6) is 0. The molecule has 0 radical (unpaired) electrons. The molecule has 2 aromatic heterocycles. The standard InChI is InChI=1S/C25H14N2O2S/c26-14-18(12-16-6-2-1-3-7-16)24-27-22(15-30-24)21-13-20-19-9-5-4-8-17(19)10-11-23(20)29-25(21)28/h1-13,15H/b18-12+. The normalized spacial score (nSPS) is 11.6. The Balaban J connectivity index is 1.63. The van der Waals surface area contributed by atoms with Gasteiger partial charge in [-0.2, -0.15) is 5.26 Å². The van der Waals surface area contributed by atoms with Crippen LogP contribution >= 0.6 is 11.3 Å². The maximum absolute atomic E-state index is 12.6. The highest BCUT2D eigenvalue weighted by atomic mass is 32.1. The summed E-state index contributed by atoms with van der Waals surface area (Å²) in [6, 6.07) is 25.4. The molecule has 5 rings (SSSR count). The Bertz CT molecular complexity index is 1520. The van der Waals surface area contributed by atoms with Gasteiger partial charge in [0.05, 0.1) is 16.8 Å². The lowest BCUT2D eigenvalue weighted by Crippen LogP contribution is -2.03. The molecule has 0 amide bonds. The van der Waals surface area contributed by atoms with E-state index in [4.69, 9.17) is 4.42 Å². The van der Waals surface area contributed by atoms with Crippen LogP contribution in [0, 0.1) is 11.3 Å². The first-order valence-electron chi connectivity index (χ1n) is 9.32. The number of hydrogen-bond acceptors (Lipinski definition) is 5. The highest BCUT2D eigenvalue weighted by molar-refractivity contribution is 7.11. The van der Waals surface area contributed by atoms with Crippen molar-refractivity contribution in [3.63, 3.8) is 0 Å². The van der Waals surface area contributed by atoms with Gasteiger partial charge in [-0.3, -0.25) is 0 Å². The fourth-order valence-electron chi connectivity index (χ4n) is 3.43. The second-order valence-corrected chi connectivity index (χ2v) is 7.62. The van der Waals surface area contributed by atoms with E-state index in [9.17, 15) is 10.1 Å². The molecule has 0 spiro atoms. The van der Waals surface area contributed by atoms with Gasteiger partial charge >= 0.3 is 5.63 Å². The molecule has 5 heteroatoms. The molecule has 0 saturated carbocycles. The van der Waals surface area contributed by atoms with Gasteiger partial charge < -0.3 is 4.42 Å². The molecule has 142 valence electrons. The smallest absolute Gasteiger partial charge is 0.345 e. The number of fused-ring (bicyclic) bond motifs is 3. The third kappa shape index (κ3) is 3.20. The van der Waals surface area contributed by atoms with Crippen LogP contribution < -0.4 is 5.63 Å². The Labute approximate surface area is 176 Å². The molecule has 0 bridgehead atoms. The molecule has 4 nitrogen and oxygen atoms in total. The van der Waals surface area contributed by atoms with Crippen molar-refractivity contribution in [3.8, 4) is 17.3 Å². The summed E-state index contributed by atoms with van der Waals surface area (Å²) in [5, 5.41) is 14.9.